The molecule has 2 aromatic carbocycles. The topological polar surface area (TPSA) is 94.2 Å². The zero-order valence-electron chi connectivity index (χ0n) is 17.1. The second kappa shape index (κ2) is 7.98. The fourth-order valence-corrected chi connectivity index (χ4v) is 4.64. The van der Waals surface area contributed by atoms with Crippen LogP contribution < -0.4 is 4.72 Å². The molecule has 0 aliphatic carbocycles. The predicted molar refractivity (Wildman–Crippen MR) is 123 cm³/mol. The average Bonchev–Trinajstić information content (AvgIpc) is 3.40. The van der Waals surface area contributed by atoms with Gasteiger partial charge in [0.1, 0.15) is 17.8 Å². The largest absolute Gasteiger partial charge is 0.280 e. The van der Waals surface area contributed by atoms with Gasteiger partial charge in [0.25, 0.3) is 10.0 Å². The third-order valence-corrected chi connectivity index (χ3v) is 6.69. The van der Waals surface area contributed by atoms with Crippen molar-refractivity contribution in [3.8, 4) is 22.4 Å². The van der Waals surface area contributed by atoms with Gasteiger partial charge in [0.15, 0.2) is 0 Å². The van der Waals surface area contributed by atoms with Crippen molar-refractivity contribution < 1.29 is 12.8 Å². The molecule has 11 heteroatoms. The SMILES string of the molecule is Cn1cc(-c2cc3c(-c4ccc(NS(=O)(=O)c5ccc(Cl)cc5)cc4F)ncnn3c2)cn1. The third kappa shape index (κ3) is 4.06. The first-order valence-corrected chi connectivity index (χ1v) is 11.6. The van der Waals surface area contributed by atoms with Crippen LogP contribution in [0.1, 0.15) is 0 Å². The Hall–Kier alpha value is -3.76. The molecule has 0 radical (unpaired) electrons. The number of benzene rings is 2. The normalized spacial score (nSPS) is 11.7. The lowest BCUT2D eigenvalue weighted by atomic mass is 10.1. The van der Waals surface area contributed by atoms with Gasteiger partial charge in [0.05, 0.1) is 22.3 Å². The lowest BCUT2D eigenvalue weighted by Crippen LogP contribution is -2.13. The van der Waals surface area contributed by atoms with E-state index >= 15 is 4.39 Å². The van der Waals surface area contributed by atoms with E-state index in [0.717, 1.165) is 17.2 Å². The van der Waals surface area contributed by atoms with Crippen molar-refractivity contribution in [2.45, 2.75) is 4.90 Å². The Bertz CT molecular complexity index is 1600. The number of hydrogen-bond donors (Lipinski definition) is 1. The lowest BCUT2D eigenvalue weighted by molar-refractivity contribution is 0.601. The van der Waals surface area contributed by atoms with Crippen LogP contribution in [-0.2, 0) is 17.1 Å². The molecule has 5 rings (SSSR count). The van der Waals surface area contributed by atoms with E-state index in [1.807, 2.05) is 25.5 Å². The maximum absolute atomic E-state index is 15.1. The number of rotatable bonds is 5. The van der Waals surface area contributed by atoms with Crippen molar-refractivity contribution in [3.63, 3.8) is 0 Å². The maximum Gasteiger partial charge on any atom is 0.261 e. The first kappa shape index (κ1) is 21.1. The molecule has 0 bridgehead atoms. The predicted octanol–water partition coefficient (Wildman–Crippen LogP) is 4.39. The maximum atomic E-state index is 15.1. The highest BCUT2D eigenvalue weighted by atomic mass is 35.5. The third-order valence-electron chi connectivity index (χ3n) is 5.04. The van der Waals surface area contributed by atoms with Crippen LogP contribution in [0.4, 0.5) is 10.1 Å². The fourth-order valence-electron chi connectivity index (χ4n) is 3.46. The summed E-state index contributed by atoms with van der Waals surface area (Å²) in [4.78, 5) is 4.28. The van der Waals surface area contributed by atoms with E-state index in [1.54, 1.807) is 15.4 Å². The van der Waals surface area contributed by atoms with E-state index in [1.165, 1.54) is 42.7 Å². The molecule has 3 heterocycles. The highest BCUT2D eigenvalue weighted by Crippen LogP contribution is 2.31. The summed E-state index contributed by atoms with van der Waals surface area (Å²) >= 11 is 5.82. The Balaban J connectivity index is 1.49. The Labute approximate surface area is 193 Å². The highest BCUT2D eigenvalue weighted by molar-refractivity contribution is 7.92. The molecule has 5 aromatic rings. The quantitative estimate of drug-likeness (QED) is 0.401. The molecule has 0 saturated carbocycles. The van der Waals surface area contributed by atoms with Crippen molar-refractivity contribution in [2.24, 2.45) is 7.05 Å². The molecule has 0 spiro atoms. The molecular weight excluding hydrogens is 467 g/mol. The summed E-state index contributed by atoms with van der Waals surface area (Å²) in [6.45, 7) is 0. The minimum Gasteiger partial charge on any atom is -0.280 e. The number of fused-ring (bicyclic) bond motifs is 1. The molecule has 0 saturated heterocycles. The number of anilines is 1. The number of nitrogens with one attached hydrogen (secondary N) is 1. The molecule has 0 atom stereocenters. The molecule has 33 heavy (non-hydrogen) atoms. The van der Waals surface area contributed by atoms with Crippen molar-refractivity contribution in [1.82, 2.24) is 24.4 Å². The Morgan fingerprint density at radius 3 is 2.48 bits per heavy atom. The van der Waals surface area contributed by atoms with E-state index in [4.69, 9.17) is 11.6 Å². The second-order valence-electron chi connectivity index (χ2n) is 7.32. The minimum atomic E-state index is -3.90. The van der Waals surface area contributed by atoms with Crippen LogP contribution in [0.3, 0.4) is 0 Å². The summed E-state index contributed by atoms with van der Waals surface area (Å²) in [6, 6.07) is 11.6. The van der Waals surface area contributed by atoms with Gasteiger partial charge in [-0.2, -0.15) is 10.2 Å². The first-order chi connectivity index (χ1) is 15.8. The molecule has 1 N–H and O–H groups in total. The van der Waals surface area contributed by atoms with Crippen LogP contribution in [0.25, 0.3) is 27.9 Å². The lowest BCUT2D eigenvalue weighted by Gasteiger charge is -2.10. The Morgan fingerprint density at radius 2 is 1.79 bits per heavy atom. The van der Waals surface area contributed by atoms with Crippen LogP contribution in [0.15, 0.2) is 78.3 Å². The van der Waals surface area contributed by atoms with Gasteiger partial charge in [-0.3, -0.25) is 9.40 Å². The summed E-state index contributed by atoms with van der Waals surface area (Å²) in [5.41, 5.74) is 3.03. The Kier molecular flexibility index (Phi) is 5.10. The summed E-state index contributed by atoms with van der Waals surface area (Å²) in [6.07, 6.45) is 6.74. The monoisotopic (exact) mass is 482 g/mol. The Morgan fingerprint density at radius 1 is 1.00 bits per heavy atom. The number of sulfonamides is 1. The molecule has 0 amide bonds. The van der Waals surface area contributed by atoms with E-state index in [2.05, 4.69) is 19.9 Å². The highest BCUT2D eigenvalue weighted by Gasteiger charge is 2.18. The van der Waals surface area contributed by atoms with E-state index in [0.29, 0.717) is 16.2 Å². The van der Waals surface area contributed by atoms with Crippen LogP contribution >= 0.6 is 11.6 Å². The van der Waals surface area contributed by atoms with E-state index in [9.17, 15) is 8.42 Å². The zero-order chi connectivity index (χ0) is 23.2. The smallest absolute Gasteiger partial charge is 0.261 e. The van der Waals surface area contributed by atoms with E-state index < -0.39 is 15.8 Å². The van der Waals surface area contributed by atoms with E-state index in [-0.39, 0.29) is 16.1 Å². The molecule has 166 valence electrons. The van der Waals surface area contributed by atoms with Crippen LogP contribution in [0, 0.1) is 5.82 Å². The first-order valence-electron chi connectivity index (χ1n) is 9.71. The van der Waals surface area contributed by atoms with Gasteiger partial charge >= 0.3 is 0 Å². The average molecular weight is 483 g/mol. The van der Waals surface area contributed by atoms with Crippen LogP contribution in [0.5, 0.6) is 0 Å². The van der Waals surface area contributed by atoms with Crippen molar-refractivity contribution in [3.05, 3.63) is 84.3 Å². The molecule has 0 aliphatic heterocycles. The van der Waals surface area contributed by atoms with Gasteiger partial charge in [-0.25, -0.2) is 22.3 Å². The summed E-state index contributed by atoms with van der Waals surface area (Å²) in [7, 11) is -2.08. The van der Waals surface area contributed by atoms with Gasteiger partial charge in [-0.15, -0.1) is 0 Å². The van der Waals surface area contributed by atoms with Crippen molar-refractivity contribution in [1.29, 1.82) is 0 Å². The van der Waals surface area contributed by atoms with Gasteiger partial charge in [-0.05, 0) is 48.5 Å². The number of aromatic nitrogens is 5. The van der Waals surface area contributed by atoms with Gasteiger partial charge < -0.3 is 0 Å². The number of hydrogen-bond acceptors (Lipinski definition) is 5. The standard InChI is InChI=1S/C22H16ClFN6O2S/c1-29-11-15(10-26-29)14-8-21-22(25-13-27-30(21)12-14)19-7-4-17(9-20(19)24)28-33(31,32)18-5-2-16(23)3-6-18/h2-13,28H,1H3. The van der Waals surface area contributed by atoms with Crippen molar-refractivity contribution in [2.75, 3.05) is 4.72 Å². The van der Waals surface area contributed by atoms with Crippen LogP contribution in [0.2, 0.25) is 5.02 Å². The van der Waals surface area contributed by atoms with Crippen LogP contribution in [-0.4, -0.2) is 32.8 Å². The van der Waals surface area contributed by atoms with Gasteiger partial charge in [0, 0.05) is 41.2 Å². The fraction of sp³-hybridized carbons (Fsp3) is 0.0455. The second-order valence-corrected chi connectivity index (χ2v) is 9.44. The molecular formula is C22H16ClFN6O2S. The number of nitrogens with zero attached hydrogens (tertiary/aromatic N) is 5. The molecule has 0 aliphatic rings. The van der Waals surface area contributed by atoms with Crippen molar-refractivity contribution >= 4 is 32.8 Å². The minimum absolute atomic E-state index is 0.0185. The zero-order valence-corrected chi connectivity index (χ0v) is 18.7. The molecule has 8 nitrogen and oxygen atoms in total. The molecule has 0 fully saturated rings. The number of halogens is 2. The van der Waals surface area contributed by atoms with Gasteiger partial charge in [0.2, 0.25) is 0 Å². The molecule has 0 unspecified atom stereocenters. The summed E-state index contributed by atoms with van der Waals surface area (Å²) < 4.78 is 45.9. The summed E-state index contributed by atoms with van der Waals surface area (Å²) in [5.74, 6) is -0.629. The summed E-state index contributed by atoms with van der Waals surface area (Å²) in [5, 5.41) is 8.80. The number of aryl methyl sites for hydroxylation is 1. The van der Waals surface area contributed by atoms with Gasteiger partial charge in [-0.1, -0.05) is 11.6 Å². The molecule has 3 aromatic heterocycles.